The lowest BCUT2D eigenvalue weighted by Gasteiger charge is -2.07. The highest BCUT2D eigenvalue weighted by molar-refractivity contribution is 9.10. The van der Waals surface area contributed by atoms with Crippen molar-refractivity contribution >= 4 is 21.6 Å². The van der Waals surface area contributed by atoms with Gasteiger partial charge in [-0.05, 0) is 29.8 Å². The van der Waals surface area contributed by atoms with Crippen molar-refractivity contribution in [3.05, 3.63) is 52.3 Å². The molecule has 0 spiro atoms. The molecular weight excluding hydrogens is 266 g/mol. The van der Waals surface area contributed by atoms with Gasteiger partial charge in [0.05, 0.1) is 11.3 Å². The lowest BCUT2D eigenvalue weighted by Crippen LogP contribution is -2.00. The number of benzene rings is 1. The van der Waals surface area contributed by atoms with Gasteiger partial charge in [0.2, 0.25) is 0 Å². The van der Waals surface area contributed by atoms with Gasteiger partial charge in [-0.1, -0.05) is 15.9 Å². The van der Waals surface area contributed by atoms with E-state index in [1.807, 2.05) is 30.6 Å². The fourth-order valence-corrected chi connectivity index (χ4v) is 1.79. The molecule has 2 aromatic rings. The Bertz CT molecular complexity index is 512. The maximum atomic E-state index is 8.98. The molecule has 0 bridgehead atoms. The van der Waals surface area contributed by atoms with E-state index in [4.69, 9.17) is 5.26 Å². The lowest BCUT2D eigenvalue weighted by atomic mass is 10.2. The summed E-state index contributed by atoms with van der Waals surface area (Å²) in [6.07, 6.45) is 3.81. The minimum absolute atomic E-state index is 0.643. The highest BCUT2D eigenvalue weighted by Crippen LogP contribution is 2.20. The first-order chi connectivity index (χ1) is 7.79. The summed E-state index contributed by atoms with van der Waals surface area (Å²) < 4.78 is 0.913. The number of rotatable bonds is 3. The molecule has 0 saturated heterocycles. The summed E-state index contributed by atoms with van der Waals surface area (Å²) in [4.78, 5) is 2.99. The first-order valence-electron chi connectivity index (χ1n) is 4.85. The van der Waals surface area contributed by atoms with Gasteiger partial charge in [0.15, 0.2) is 0 Å². The second kappa shape index (κ2) is 4.86. The minimum Gasteiger partial charge on any atom is -0.380 e. The molecule has 0 aliphatic carbocycles. The van der Waals surface area contributed by atoms with Crippen LogP contribution in [0, 0.1) is 11.3 Å². The van der Waals surface area contributed by atoms with E-state index in [0.29, 0.717) is 12.1 Å². The highest BCUT2D eigenvalue weighted by Gasteiger charge is 2.02. The number of nitriles is 1. The molecule has 0 radical (unpaired) electrons. The molecule has 16 heavy (non-hydrogen) atoms. The molecule has 0 aliphatic rings. The van der Waals surface area contributed by atoms with Crippen molar-refractivity contribution < 1.29 is 0 Å². The smallest absolute Gasteiger partial charge is 0.101 e. The van der Waals surface area contributed by atoms with E-state index in [-0.39, 0.29) is 0 Å². The summed E-state index contributed by atoms with van der Waals surface area (Å²) in [5.41, 5.74) is 2.66. The van der Waals surface area contributed by atoms with Crippen LogP contribution >= 0.6 is 15.9 Å². The molecule has 0 aliphatic heterocycles. The Morgan fingerprint density at radius 1 is 1.38 bits per heavy atom. The van der Waals surface area contributed by atoms with Gasteiger partial charge in [0.1, 0.15) is 6.07 Å². The van der Waals surface area contributed by atoms with E-state index < -0.39 is 0 Å². The molecule has 0 saturated carbocycles. The second-order valence-corrected chi connectivity index (χ2v) is 4.29. The average Bonchev–Trinajstić information content (AvgIpc) is 2.80. The van der Waals surface area contributed by atoms with Crippen molar-refractivity contribution in [2.75, 3.05) is 5.32 Å². The van der Waals surface area contributed by atoms with Gasteiger partial charge in [-0.25, -0.2) is 0 Å². The first kappa shape index (κ1) is 10.8. The van der Waals surface area contributed by atoms with Crippen LogP contribution in [0.3, 0.4) is 0 Å². The van der Waals surface area contributed by atoms with Crippen molar-refractivity contribution in [2.24, 2.45) is 0 Å². The molecule has 80 valence electrons. The fraction of sp³-hybridized carbons (Fsp3) is 0.0833. The molecule has 2 rings (SSSR count). The van der Waals surface area contributed by atoms with Gasteiger partial charge in [-0.2, -0.15) is 5.26 Å². The molecule has 1 aromatic carbocycles. The Hall–Kier alpha value is -1.73. The molecule has 4 heteroatoms. The van der Waals surface area contributed by atoms with Crippen molar-refractivity contribution in [3.8, 4) is 6.07 Å². The number of aromatic nitrogens is 1. The zero-order chi connectivity index (χ0) is 11.4. The summed E-state index contributed by atoms with van der Waals surface area (Å²) in [5.74, 6) is 0. The standard InChI is InChI=1S/C12H10BrN3/c13-11-1-2-12(10(5-11)6-14)16-8-9-3-4-15-7-9/h1-5,7,15-16H,8H2. The number of nitrogens with zero attached hydrogens (tertiary/aromatic N) is 1. The molecule has 2 N–H and O–H groups in total. The van der Waals surface area contributed by atoms with Crippen molar-refractivity contribution in [3.63, 3.8) is 0 Å². The molecule has 0 unspecified atom stereocenters. The summed E-state index contributed by atoms with van der Waals surface area (Å²) in [5, 5.41) is 12.2. The van der Waals surface area contributed by atoms with E-state index in [1.54, 1.807) is 6.07 Å². The van der Waals surface area contributed by atoms with Gasteiger partial charge in [-0.15, -0.1) is 0 Å². The monoisotopic (exact) mass is 275 g/mol. The number of halogens is 1. The van der Waals surface area contributed by atoms with Crippen molar-refractivity contribution in [1.82, 2.24) is 4.98 Å². The predicted molar refractivity (Wildman–Crippen MR) is 67.0 cm³/mol. The Morgan fingerprint density at radius 2 is 2.25 bits per heavy atom. The predicted octanol–water partition coefficient (Wildman–Crippen LogP) is 3.26. The summed E-state index contributed by atoms with van der Waals surface area (Å²) in [7, 11) is 0. The van der Waals surface area contributed by atoms with Crippen LogP contribution in [0.5, 0.6) is 0 Å². The van der Waals surface area contributed by atoms with Crippen molar-refractivity contribution in [1.29, 1.82) is 5.26 Å². The molecule has 0 atom stereocenters. The SMILES string of the molecule is N#Cc1cc(Br)ccc1NCc1cc[nH]c1. The maximum absolute atomic E-state index is 8.98. The van der Waals surface area contributed by atoms with Crippen LogP contribution in [-0.4, -0.2) is 4.98 Å². The summed E-state index contributed by atoms with van der Waals surface area (Å²) in [6.45, 7) is 0.708. The van der Waals surface area contributed by atoms with Crippen LogP contribution in [0.15, 0.2) is 41.1 Å². The van der Waals surface area contributed by atoms with Crippen molar-refractivity contribution in [2.45, 2.75) is 6.54 Å². The third kappa shape index (κ3) is 2.44. The Morgan fingerprint density at radius 3 is 2.94 bits per heavy atom. The quantitative estimate of drug-likeness (QED) is 0.904. The Kier molecular flexibility index (Phi) is 3.28. The van der Waals surface area contributed by atoms with Gasteiger partial charge >= 0.3 is 0 Å². The Balaban J connectivity index is 2.13. The van der Waals surface area contributed by atoms with Gasteiger partial charge < -0.3 is 10.3 Å². The van der Waals surface area contributed by atoms with Crippen LogP contribution in [0.1, 0.15) is 11.1 Å². The van der Waals surface area contributed by atoms with Gasteiger partial charge in [0, 0.05) is 23.4 Å². The molecular formula is C12H10BrN3. The van der Waals surface area contributed by atoms with E-state index in [9.17, 15) is 0 Å². The first-order valence-corrected chi connectivity index (χ1v) is 5.64. The average molecular weight is 276 g/mol. The normalized spacial score (nSPS) is 9.75. The van der Waals surface area contributed by atoms with E-state index in [1.165, 1.54) is 0 Å². The number of H-pyrrole nitrogens is 1. The van der Waals surface area contributed by atoms with Crippen LogP contribution in [0.2, 0.25) is 0 Å². The summed E-state index contributed by atoms with van der Waals surface area (Å²) >= 11 is 3.34. The molecule has 1 heterocycles. The highest BCUT2D eigenvalue weighted by atomic mass is 79.9. The van der Waals surface area contributed by atoms with Crippen LogP contribution in [0.4, 0.5) is 5.69 Å². The zero-order valence-corrected chi connectivity index (χ0v) is 10.1. The number of nitrogens with one attached hydrogen (secondary N) is 2. The van der Waals surface area contributed by atoms with Gasteiger partial charge in [0.25, 0.3) is 0 Å². The fourth-order valence-electron chi connectivity index (χ4n) is 1.43. The zero-order valence-electron chi connectivity index (χ0n) is 8.50. The Labute approximate surface area is 102 Å². The van der Waals surface area contributed by atoms with Gasteiger partial charge in [-0.3, -0.25) is 0 Å². The maximum Gasteiger partial charge on any atom is 0.101 e. The number of hydrogen-bond donors (Lipinski definition) is 2. The number of anilines is 1. The lowest BCUT2D eigenvalue weighted by molar-refractivity contribution is 1.15. The van der Waals surface area contributed by atoms with Crippen LogP contribution < -0.4 is 5.32 Å². The van der Waals surface area contributed by atoms with Crippen LogP contribution in [0.25, 0.3) is 0 Å². The third-order valence-electron chi connectivity index (χ3n) is 2.25. The third-order valence-corrected chi connectivity index (χ3v) is 2.74. The topological polar surface area (TPSA) is 51.6 Å². The minimum atomic E-state index is 0.643. The molecule has 0 amide bonds. The van der Waals surface area contributed by atoms with E-state index >= 15 is 0 Å². The number of aromatic amines is 1. The molecule has 3 nitrogen and oxygen atoms in total. The number of hydrogen-bond acceptors (Lipinski definition) is 2. The van der Waals surface area contributed by atoms with E-state index in [2.05, 4.69) is 32.3 Å². The molecule has 1 aromatic heterocycles. The summed E-state index contributed by atoms with van der Waals surface area (Å²) in [6, 6.07) is 9.78. The molecule has 0 fully saturated rings. The largest absolute Gasteiger partial charge is 0.380 e. The van der Waals surface area contributed by atoms with Crippen LogP contribution in [-0.2, 0) is 6.54 Å². The second-order valence-electron chi connectivity index (χ2n) is 3.37. The van der Waals surface area contributed by atoms with E-state index in [0.717, 1.165) is 15.7 Å².